The van der Waals surface area contributed by atoms with Gasteiger partial charge in [-0.15, -0.1) is 0 Å². The maximum atomic E-state index is 4.33. The van der Waals surface area contributed by atoms with Gasteiger partial charge in [0.05, 0.1) is 6.20 Å². The summed E-state index contributed by atoms with van der Waals surface area (Å²) in [4.78, 5) is 8.49. The van der Waals surface area contributed by atoms with Crippen molar-refractivity contribution in [2.24, 2.45) is 0 Å². The Balaban J connectivity index is 2.13. The van der Waals surface area contributed by atoms with E-state index in [1.807, 2.05) is 10.6 Å². The van der Waals surface area contributed by atoms with Crippen LogP contribution in [0.3, 0.4) is 0 Å². The maximum absolute atomic E-state index is 4.33. The van der Waals surface area contributed by atoms with E-state index in [9.17, 15) is 0 Å². The molecule has 2 heterocycles. The minimum Gasteiger partial charge on any atom is -0.278 e. The molecule has 3 nitrogen and oxygen atoms in total. The molecule has 0 saturated heterocycles. The van der Waals surface area contributed by atoms with Crippen molar-refractivity contribution in [3.8, 4) is 0 Å². The van der Waals surface area contributed by atoms with Crippen LogP contribution in [0.25, 0.3) is 5.78 Å². The Morgan fingerprint density at radius 2 is 2.07 bits per heavy atom. The lowest BCUT2D eigenvalue weighted by molar-refractivity contribution is 0.417. The lowest BCUT2D eigenvalue weighted by Crippen LogP contribution is -2.10. The molecule has 1 aliphatic carbocycles. The lowest BCUT2D eigenvalue weighted by atomic mass is 9.81. The molecule has 0 radical (unpaired) electrons. The average molecular weight is 252 g/mol. The predicted octanol–water partition coefficient (Wildman–Crippen LogP) is 2.76. The number of fused-ring (bicyclic) bond motifs is 1. The van der Waals surface area contributed by atoms with Gasteiger partial charge in [0.2, 0.25) is 5.78 Å². The van der Waals surface area contributed by atoms with E-state index < -0.39 is 0 Å². The van der Waals surface area contributed by atoms with Gasteiger partial charge >= 0.3 is 0 Å². The highest BCUT2D eigenvalue weighted by Gasteiger charge is 2.20. The molecule has 1 aliphatic rings. The number of hydrogen-bond acceptors (Lipinski definition) is 2. The van der Waals surface area contributed by atoms with Crippen LogP contribution in [0.1, 0.15) is 30.7 Å². The van der Waals surface area contributed by atoms with E-state index in [0.29, 0.717) is 0 Å². The van der Waals surface area contributed by atoms with Gasteiger partial charge in [-0.05, 0) is 40.3 Å². The minimum atomic E-state index is 0.723. The summed E-state index contributed by atoms with van der Waals surface area (Å²) in [6, 6.07) is 0. The van der Waals surface area contributed by atoms with Crippen molar-refractivity contribution in [2.45, 2.75) is 25.2 Å². The van der Waals surface area contributed by atoms with Crippen LogP contribution in [0.15, 0.2) is 23.2 Å². The van der Waals surface area contributed by atoms with Gasteiger partial charge in [0.15, 0.2) is 0 Å². The van der Waals surface area contributed by atoms with Crippen molar-refractivity contribution in [2.75, 3.05) is 0 Å². The normalized spacial score (nSPS) is 17.2. The Hall–Kier alpha value is -0.900. The van der Waals surface area contributed by atoms with Crippen molar-refractivity contribution in [1.82, 2.24) is 14.4 Å². The number of imidazole rings is 1. The van der Waals surface area contributed by atoms with Crippen molar-refractivity contribution in [3.05, 3.63) is 28.8 Å². The number of hydrogen-bond donors (Lipinski definition) is 0. The average Bonchev–Trinajstić information content (AvgIpc) is 2.45. The van der Waals surface area contributed by atoms with Crippen LogP contribution in [-0.2, 0) is 0 Å². The summed E-state index contributed by atoms with van der Waals surface area (Å²) in [6.07, 6.45) is 9.85. The molecule has 0 amide bonds. The highest BCUT2D eigenvalue weighted by atomic mass is 79.9. The monoisotopic (exact) mass is 251 g/mol. The summed E-state index contributed by atoms with van der Waals surface area (Å²) in [5.41, 5.74) is 1.34. The first-order valence-electron chi connectivity index (χ1n) is 4.83. The van der Waals surface area contributed by atoms with Gasteiger partial charge in [-0.2, -0.15) is 0 Å². The summed E-state index contributed by atoms with van der Waals surface area (Å²) < 4.78 is 2.97. The molecule has 0 aromatic carbocycles. The zero-order chi connectivity index (χ0) is 9.54. The van der Waals surface area contributed by atoms with Crippen LogP contribution in [0.2, 0.25) is 0 Å². The molecule has 4 heteroatoms. The molecular weight excluding hydrogens is 242 g/mol. The summed E-state index contributed by atoms with van der Waals surface area (Å²) in [7, 11) is 0. The van der Waals surface area contributed by atoms with E-state index in [1.165, 1.54) is 24.8 Å². The molecule has 0 N–H and O–H groups in total. The molecule has 0 spiro atoms. The Morgan fingerprint density at radius 3 is 2.79 bits per heavy atom. The third-order valence-corrected chi connectivity index (χ3v) is 3.50. The second kappa shape index (κ2) is 3.05. The molecule has 72 valence electrons. The van der Waals surface area contributed by atoms with Crippen LogP contribution in [0.4, 0.5) is 0 Å². The van der Waals surface area contributed by atoms with E-state index in [0.717, 1.165) is 16.3 Å². The largest absolute Gasteiger partial charge is 0.278 e. The van der Waals surface area contributed by atoms with E-state index in [2.05, 4.69) is 32.1 Å². The summed E-state index contributed by atoms with van der Waals surface area (Å²) >= 11 is 3.45. The fraction of sp³-hybridized carbons (Fsp3) is 0.400. The van der Waals surface area contributed by atoms with Gasteiger partial charge in [0, 0.05) is 12.4 Å². The molecule has 14 heavy (non-hydrogen) atoms. The second-order valence-electron chi connectivity index (χ2n) is 3.77. The van der Waals surface area contributed by atoms with Crippen molar-refractivity contribution in [3.63, 3.8) is 0 Å². The summed E-state index contributed by atoms with van der Waals surface area (Å²) in [5, 5.41) is 0. The first-order valence-corrected chi connectivity index (χ1v) is 5.62. The van der Waals surface area contributed by atoms with E-state index in [1.54, 1.807) is 6.20 Å². The Bertz CT molecular complexity index is 473. The van der Waals surface area contributed by atoms with Gasteiger partial charge in [-0.3, -0.25) is 4.40 Å². The zero-order valence-corrected chi connectivity index (χ0v) is 9.24. The highest BCUT2D eigenvalue weighted by Crippen LogP contribution is 2.35. The fourth-order valence-corrected chi connectivity index (χ4v) is 2.18. The second-order valence-corrected chi connectivity index (χ2v) is 4.58. The number of nitrogens with zero attached hydrogens (tertiary/aromatic N) is 3. The van der Waals surface area contributed by atoms with Crippen molar-refractivity contribution in [1.29, 1.82) is 0 Å². The van der Waals surface area contributed by atoms with Gasteiger partial charge < -0.3 is 0 Å². The quantitative estimate of drug-likeness (QED) is 0.781. The Kier molecular flexibility index (Phi) is 1.83. The molecule has 2 aromatic rings. The fourth-order valence-electron chi connectivity index (χ4n) is 1.81. The maximum Gasteiger partial charge on any atom is 0.234 e. The SMILES string of the molecule is Brc1cnc2ncc(C3CCC3)cn12. The van der Waals surface area contributed by atoms with E-state index >= 15 is 0 Å². The predicted molar refractivity (Wildman–Crippen MR) is 57.3 cm³/mol. The van der Waals surface area contributed by atoms with Crippen LogP contribution >= 0.6 is 15.9 Å². The number of halogens is 1. The molecule has 0 unspecified atom stereocenters. The molecule has 0 bridgehead atoms. The Labute approximate surface area is 90.3 Å². The highest BCUT2D eigenvalue weighted by molar-refractivity contribution is 9.10. The van der Waals surface area contributed by atoms with Crippen LogP contribution < -0.4 is 0 Å². The van der Waals surface area contributed by atoms with Crippen LogP contribution in [0.5, 0.6) is 0 Å². The molecular formula is C10H10BrN3. The van der Waals surface area contributed by atoms with E-state index in [-0.39, 0.29) is 0 Å². The first kappa shape index (κ1) is 8.41. The zero-order valence-electron chi connectivity index (χ0n) is 7.65. The van der Waals surface area contributed by atoms with Gasteiger partial charge in [-0.25, -0.2) is 9.97 Å². The first-order chi connectivity index (χ1) is 6.84. The van der Waals surface area contributed by atoms with E-state index in [4.69, 9.17) is 0 Å². The van der Waals surface area contributed by atoms with Crippen LogP contribution in [-0.4, -0.2) is 14.4 Å². The lowest BCUT2D eigenvalue weighted by Gasteiger charge is -2.25. The van der Waals surface area contributed by atoms with Gasteiger partial charge in [0.25, 0.3) is 0 Å². The molecule has 1 saturated carbocycles. The van der Waals surface area contributed by atoms with Crippen molar-refractivity contribution < 1.29 is 0 Å². The molecule has 0 atom stereocenters. The van der Waals surface area contributed by atoms with Gasteiger partial charge in [0.1, 0.15) is 4.60 Å². The molecule has 3 rings (SSSR count). The van der Waals surface area contributed by atoms with Gasteiger partial charge in [-0.1, -0.05) is 6.42 Å². The Morgan fingerprint density at radius 1 is 1.29 bits per heavy atom. The van der Waals surface area contributed by atoms with Crippen LogP contribution in [0, 0.1) is 0 Å². The standard InChI is InChI=1S/C10H10BrN3/c11-9-5-13-10-12-4-8(6-14(9)10)7-2-1-3-7/h4-7H,1-3H2. The number of aromatic nitrogens is 3. The van der Waals surface area contributed by atoms with Crippen molar-refractivity contribution >= 4 is 21.7 Å². The summed E-state index contributed by atoms with van der Waals surface area (Å²) in [6.45, 7) is 0. The molecule has 1 fully saturated rings. The molecule has 0 aliphatic heterocycles. The molecule has 2 aromatic heterocycles. The summed E-state index contributed by atoms with van der Waals surface area (Å²) in [5.74, 6) is 1.49. The number of rotatable bonds is 1. The third kappa shape index (κ3) is 1.17. The third-order valence-electron chi connectivity index (χ3n) is 2.92. The topological polar surface area (TPSA) is 30.2 Å². The minimum absolute atomic E-state index is 0.723. The smallest absolute Gasteiger partial charge is 0.234 e.